The van der Waals surface area contributed by atoms with Gasteiger partial charge in [-0.15, -0.1) is 5.10 Å². The van der Waals surface area contributed by atoms with E-state index in [0.717, 1.165) is 24.8 Å². The molecule has 5 heteroatoms. The van der Waals surface area contributed by atoms with E-state index in [9.17, 15) is 9.90 Å². The fourth-order valence-corrected chi connectivity index (χ4v) is 1.90. The summed E-state index contributed by atoms with van der Waals surface area (Å²) >= 11 is 0. The molecular formula is C10H15N3O2. The third-order valence-electron chi connectivity index (χ3n) is 2.84. The molecule has 1 fully saturated rings. The second-order valence-corrected chi connectivity index (χ2v) is 4.14. The van der Waals surface area contributed by atoms with Crippen LogP contribution in [-0.4, -0.2) is 32.5 Å². The number of hydrogen-bond acceptors (Lipinski definition) is 4. The van der Waals surface area contributed by atoms with Gasteiger partial charge in [-0.05, 0) is 19.8 Å². The fraction of sp³-hybridized carbons (Fsp3) is 0.700. The van der Waals surface area contributed by atoms with E-state index in [1.807, 2.05) is 0 Å². The minimum absolute atomic E-state index is 0.402. The van der Waals surface area contributed by atoms with Crippen LogP contribution in [0, 0.1) is 0 Å². The number of rotatable bonds is 4. The molecule has 1 atom stereocenters. The third-order valence-corrected chi connectivity index (χ3v) is 2.84. The summed E-state index contributed by atoms with van der Waals surface area (Å²) in [5, 5.41) is 17.0. The van der Waals surface area contributed by atoms with Crippen molar-refractivity contribution in [3.05, 3.63) is 11.4 Å². The number of carbonyl (C=O) groups is 1. The summed E-state index contributed by atoms with van der Waals surface area (Å²) in [4.78, 5) is 10.8. The lowest BCUT2D eigenvalue weighted by Crippen LogP contribution is -2.20. The van der Waals surface area contributed by atoms with Crippen LogP contribution in [-0.2, 0) is 6.54 Å². The molecule has 1 aliphatic rings. The Kier molecular flexibility index (Phi) is 2.81. The topological polar surface area (TPSA) is 68.0 Å². The van der Waals surface area contributed by atoms with Crippen molar-refractivity contribution in [1.82, 2.24) is 15.0 Å². The van der Waals surface area contributed by atoms with Crippen molar-refractivity contribution >= 4 is 6.29 Å². The number of nitrogens with zero attached hydrogens (tertiary/aromatic N) is 3. The van der Waals surface area contributed by atoms with Crippen LogP contribution in [0.5, 0.6) is 0 Å². The maximum atomic E-state index is 10.8. The Hall–Kier alpha value is -1.23. The highest BCUT2D eigenvalue weighted by Crippen LogP contribution is 2.37. The molecular weight excluding hydrogens is 194 g/mol. The van der Waals surface area contributed by atoms with Crippen molar-refractivity contribution < 1.29 is 9.90 Å². The first-order chi connectivity index (χ1) is 7.22. The van der Waals surface area contributed by atoms with Crippen molar-refractivity contribution in [2.24, 2.45) is 0 Å². The van der Waals surface area contributed by atoms with Crippen LogP contribution in [0.25, 0.3) is 0 Å². The van der Waals surface area contributed by atoms with Gasteiger partial charge in [0.05, 0.1) is 18.3 Å². The number of aliphatic hydroxyl groups excluding tert-OH is 1. The molecule has 0 amide bonds. The first-order valence-electron chi connectivity index (χ1n) is 5.29. The van der Waals surface area contributed by atoms with Gasteiger partial charge in [-0.2, -0.15) is 0 Å². The predicted molar refractivity (Wildman–Crippen MR) is 53.7 cm³/mol. The van der Waals surface area contributed by atoms with Crippen LogP contribution >= 0.6 is 0 Å². The maximum Gasteiger partial charge on any atom is 0.172 e. The molecule has 0 bridgehead atoms. The minimum atomic E-state index is -0.468. The smallest absolute Gasteiger partial charge is 0.172 e. The van der Waals surface area contributed by atoms with Crippen LogP contribution in [0.4, 0.5) is 0 Å². The third kappa shape index (κ3) is 1.92. The van der Waals surface area contributed by atoms with E-state index in [1.165, 1.54) is 6.42 Å². The Balaban J connectivity index is 2.28. The fourth-order valence-electron chi connectivity index (χ4n) is 1.90. The number of aromatic nitrogens is 3. The largest absolute Gasteiger partial charge is 0.391 e. The molecule has 1 aromatic heterocycles. The summed E-state index contributed by atoms with van der Waals surface area (Å²) in [6.45, 7) is 2.11. The van der Waals surface area contributed by atoms with E-state index in [4.69, 9.17) is 0 Å². The average molecular weight is 209 g/mol. The first kappa shape index (κ1) is 10.3. The molecule has 1 unspecified atom stereocenters. The van der Waals surface area contributed by atoms with Crippen molar-refractivity contribution in [3.8, 4) is 0 Å². The molecule has 1 aromatic rings. The molecule has 1 aliphatic carbocycles. The lowest BCUT2D eigenvalue weighted by atomic mass is 9.82. The number of aldehydes is 1. The molecule has 0 aromatic carbocycles. The second kappa shape index (κ2) is 4.10. The van der Waals surface area contributed by atoms with Crippen molar-refractivity contribution in [2.45, 2.75) is 44.8 Å². The zero-order valence-electron chi connectivity index (χ0n) is 8.76. The molecule has 1 N–H and O–H groups in total. The quantitative estimate of drug-likeness (QED) is 0.742. The van der Waals surface area contributed by atoms with Gasteiger partial charge in [0.2, 0.25) is 0 Å². The maximum absolute atomic E-state index is 10.8. The highest BCUT2D eigenvalue weighted by atomic mass is 16.3. The number of hydrogen-bond donors (Lipinski definition) is 1. The van der Waals surface area contributed by atoms with Gasteiger partial charge in [0.15, 0.2) is 6.29 Å². The first-order valence-corrected chi connectivity index (χ1v) is 5.29. The summed E-state index contributed by atoms with van der Waals surface area (Å²) < 4.78 is 1.66. The van der Waals surface area contributed by atoms with Gasteiger partial charge in [-0.25, -0.2) is 4.68 Å². The monoisotopic (exact) mass is 209 g/mol. The highest BCUT2D eigenvalue weighted by molar-refractivity contribution is 5.73. The van der Waals surface area contributed by atoms with Gasteiger partial charge in [-0.3, -0.25) is 4.79 Å². The van der Waals surface area contributed by atoms with Gasteiger partial charge >= 0.3 is 0 Å². The summed E-state index contributed by atoms with van der Waals surface area (Å²) in [7, 11) is 0. The van der Waals surface area contributed by atoms with Crippen molar-refractivity contribution in [2.75, 3.05) is 0 Å². The summed E-state index contributed by atoms with van der Waals surface area (Å²) in [6.07, 6.45) is 3.66. The van der Waals surface area contributed by atoms with Crippen LogP contribution in [0.15, 0.2) is 0 Å². The highest BCUT2D eigenvalue weighted by Gasteiger charge is 2.27. The number of aliphatic hydroxyl groups is 1. The Morgan fingerprint density at radius 2 is 2.40 bits per heavy atom. The lowest BCUT2D eigenvalue weighted by Gasteiger charge is -2.26. The van der Waals surface area contributed by atoms with Gasteiger partial charge < -0.3 is 5.11 Å². The lowest BCUT2D eigenvalue weighted by molar-refractivity contribution is 0.111. The minimum Gasteiger partial charge on any atom is -0.391 e. The zero-order chi connectivity index (χ0) is 10.8. The second-order valence-electron chi connectivity index (χ2n) is 4.14. The molecule has 2 rings (SSSR count). The molecule has 15 heavy (non-hydrogen) atoms. The molecule has 0 saturated heterocycles. The summed E-state index contributed by atoms with van der Waals surface area (Å²) in [6, 6.07) is 0. The van der Waals surface area contributed by atoms with Gasteiger partial charge in [-0.1, -0.05) is 11.6 Å². The SMILES string of the molecule is CC(O)Cn1nnc(C=O)c1C1CCC1. The van der Waals surface area contributed by atoms with Crippen LogP contribution in [0.2, 0.25) is 0 Å². The zero-order valence-corrected chi connectivity index (χ0v) is 8.76. The Morgan fingerprint density at radius 3 is 2.87 bits per heavy atom. The molecule has 82 valence electrons. The average Bonchev–Trinajstić information content (AvgIpc) is 2.45. The molecule has 1 saturated carbocycles. The van der Waals surface area contributed by atoms with E-state index < -0.39 is 6.10 Å². The van der Waals surface area contributed by atoms with E-state index in [0.29, 0.717) is 18.2 Å². The molecule has 1 heterocycles. The Bertz CT molecular complexity index is 356. The number of carbonyl (C=O) groups excluding carboxylic acids is 1. The molecule has 0 aliphatic heterocycles. The van der Waals surface area contributed by atoms with Gasteiger partial charge in [0.1, 0.15) is 5.69 Å². The molecule has 5 nitrogen and oxygen atoms in total. The van der Waals surface area contributed by atoms with Crippen LogP contribution < -0.4 is 0 Å². The normalized spacial score (nSPS) is 18.5. The van der Waals surface area contributed by atoms with Crippen molar-refractivity contribution in [1.29, 1.82) is 0 Å². The van der Waals surface area contributed by atoms with E-state index >= 15 is 0 Å². The van der Waals surface area contributed by atoms with E-state index in [1.54, 1.807) is 11.6 Å². The Labute approximate surface area is 88.1 Å². The van der Waals surface area contributed by atoms with Gasteiger partial charge in [0, 0.05) is 5.92 Å². The van der Waals surface area contributed by atoms with E-state index in [2.05, 4.69) is 10.3 Å². The van der Waals surface area contributed by atoms with E-state index in [-0.39, 0.29) is 0 Å². The standard InChI is InChI=1S/C10H15N3O2/c1-7(15)5-13-10(8-3-2-4-8)9(6-14)11-12-13/h6-8,15H,2-5H2,1H3. The van der Waals surface area contributed by atoms with Crippen LogP contribution in [0.3, 0.4) is 0 Å². The summed E-state index contributed by atoms with van der Waals surface area (Å²) in [5.41, 5.74) is 1.33. The summed E-state index contributed by atoms with van der Waals surface area (Å²) in [5.74, 6) is 0.402. The van der Waals surface area contributed by atoms with Gasteiger partial charge in [0.25, 0.3) is 0 Å². The van der Waals surface area contributed by atoms with Crippen LogP contribution in [0.1, 0.15) is 48.3 Å². The van der Waals surface area contributed by atoms with Crippen molar-refractivity contribution in [3.63, 3.8) is 0 Å². The Morgan fingerprint density at radius 1 is 1.67 bits per heavy atom. The molecule has 0 radical (unpaired) electrons. The molecule has 0 spiro atoms. The predicted octanol–water partition coefficient (Wildman–Crippen LogP) is 0.739.